The lowest BCUT2D eigenvalue weighted by Gasteiger charge is -2.29. The number of anilines is 1. The molecule has 2 aliphatic heterocycles. The largest absolute Gasteiger partial charge is 0.490 e. The summed E-state index contributed by atoms with van der Waals surface area (Å²) in [6.07, 6.45) is 2.88. The van der Waals surface area contributed by atoms with Gasteiger partial charge in [0.05, 0.1) is 19.1 Å². The van der Waals surface area contributed by atoms with E-state index < -0.39 is 34.4 Å². The summed E-state index contributed by atoms with van der Waals surface area (Å²) in [5.41, 5.74) is 0.508. The highest BCUT2D eigenvalue weighted by Gasteiger charge is 2.34. The summed E-state index contributed by atoms with van der Waals surface area (Å²) in [5, 5.41) is 2.67. The average Bonchev–Trinajstić information content (AvgIpc) is 3.02. The summed E-state index contributed by atoms with van der Waals surface area (Å²) in [6, 6.07) is 5.07. The Morgan fingerprint density at radius 3 is 2.56 bits per heavy atom. The van der Waals surface area contributed by atoms with E-state index >= 15 is 0 Å². The number of benzene rings is 1. The van der Waals surface area contributed by atoms with Crippen LogP contribution in [0.15, 0.2) is 29.4 Å². The Balaban J connectivity index is 1.25. The number of sulfonamides is 1. The van der Waals surface area contributed by atoms with Crippen LogP contribution in [0, 0.1) is 12.8 Å². The lowest BCUT2D eigenvalue weighted by Crippen LogP contribution is -2.41. The van der Waals surface area contributed by atoms with E-state index in [9.17, 15) is 18.0 Å². The van der Waals surface area contributed by atoms with Crippen LogP contribution in [0.4, 0.5) is 5.69 Å². The van der Waals surface area contributed by atoms with Gasteiger partial charge in [0.1, 0.15) is 5.82 Å². The van der Waals surface area contributed by atoms with Gasteiger partial charge in [0.15, 0.2) is 23.1 Å². The molecule has 0 bridgehead atoms. The van der Waals surface area contributed by atoms with Crippen LogP contribution in [-0.4, -0.2) is 67.1 Å². The van der Waals surface area contributed by atoms with E-state index in [-0.39, 0.29) is 18.1 Å². The first kappa shape index (κ1) is 24.0. The first-order chi connectivity index (χ1) is 16.2. The van der Waals surface area contributed by atoms with Gasteiger partial charge < -0.3 is 24.1 Å². The molecule has 1 N–H and O–H groups in total. The monoisotopic (exact) mass is 492 g/mol. The first-order valence-corrected chi connectivity index (χ1v) is 12.5. The van der Waals surface area contributed by atoms with E-state index in [1.165, 1.54) is 10.5 Å². The number of esters is 1. The number of aryl methyl sites for hydroxylation is 2. The second-order valence-electron chi connectivity index (χ2n) is 8.28. The lowest BCUT2D eigenvalue weighted by molar-refractivity contribution is -0.152. The zero-order chi connectivity index (χ0) is 24.3. The molecule has 0 saturated carbocycles. The Bertz CT molecular complexity index is 1150. The number of carbonyl (C=O) groups excluding carboxylic acids is 2. The van der Waals surface area contributed by atoms with Crippen molar-refractivity contribution in [3.8, 4) is 11.5 Å². The summed E-state index contributed by atoms with van der Waals surface area (Å²) in [7, 11) is -1.99. The van der Waals surface area contributed by atoms with E-state index in [0.29, 0.717) is 49.1 Å². The van der Waals surface area contributed by atoms with Gasteiger partial charge in [-0.2, -0.15) is 4.31 Å². The normalized spacial score (nSPS) is 17.1. The van der Waals surface area contributed by atoms with Gasteiger partial charge in [-0.05, 0) is 31.9 Å². The number of carbonyl (C=O) groups is 2. The van der Waals surface area contributed by atoms with Gasteiger partial charge in [0.2, 0.25) is 0 Å². The van der Waals surface area contributed by atoms with Crippen LogP contribution in [-0.2, 0) is 31.4 Å². The smallest absolute Gasteiger partial charge is 0.309 e. The maximum absolute atomic E-state index is 12.8. The van der Waals surface area contributed by atoms with Crippen molar-refractivity contribution in [2.24, 2.45) is 13.0 Å². The molecular weight excluding hydrogens is 464 g/mol. The highest BCUT2D eigenvalue weighted by molar-refractivity contribution is 7.89. The summed E-state index contributed by atoms with van der Waals surface area (Å²) in [6.45, 7) is 2.76. The Hall–Kier alpha value is -3.12. The number of piperidine rings is 1. The summed E-state index contributed by atoms with van der Waals surface area (Å²) in [5.74, 6) is 0.307. The van der Waals surface area contributed by atoms with Gasteiger partial charge in [-0.1, -0.05) is 0 Å². The first-order valence-electron chi connectivity index (χ1n) is 11.1. The molecule has 1 saturated heterocycles. The van der Waals surface area contributed by atoms with Crippen molar-refractivity contribution in [2.45, 2.75) is 31.2 Å². The van der Waals surface area contributed by atoms with Crippen LogP contribution in [0.1, 0.15) is 25.1 Å². The molecule has 1 fully saturated rings. The molecule has 11 nitrogen and oxygen atoms in total. The fraction of sp³-hybridized carbons (Fsp3) is 0.500. The van der Waals surface area contributed by atoms with Crippen molar-refractivity contribution < 1.29 is 32.2 Å². The van der Waals surface area contributed by atoms with Crippen molar-refractivity contribution in [1.29, 1.82) is 0 Å². The topological polar surface area (TPSA) is 129 Å². The van der Waals surface area contributed by atoms with Gasteiger partial charge in [-0.3, -0.25) is 9.59 Å². The molecule has 0 spiro atoms. The van der Waals surface area contributed by atoms with Crippen molar-refractivity contribution in [3.63, 3.8) is 0 Å². The Morgan fingerprint density at radius 1 is 1.18 bits per heavy atom. The number of imidazole rings is 1. The van der Waals surface area contributed by atoms with Gasteiger partial charge in [-0.25, -0.2) is 13.4 Å². The van der Waals surface area contributed by atoms with Crippen LogP contribution >= 0.6 is 0 Å². The number of fused-ring (bicyclic) bond motifs is 1. The second-order valence-corrected chi connectivity index (χ2v) is 10.2. The molecule has 1 amide bonds. The SMILES string of the molecule is Cc1nc(S(=O)(=O)N2CCC(C(=O)OCC(=O)Nc3ccc4c(c3)OCCCO4)CC2)cn1C. The molecule has 34 heavy (non-hydrogen) atoms. The number of hydrogen-bond acceptors (Lipinski definition) is 8. The maximum atomic E-state index is 12.8. The van der Waals surface area contributed by atoms with E-state index in [4.69, 9.17) is 14.2 Å². The van der Waals surface area contributed by atoms with Crippen LogP contribution in [0.5, 0.6) is 11.5 Å². The minimum absolute atomic E-state index is 0.0000364. The minimum Gasteiger partial charge on any atom is -0.490 e. The Kier molecular flexibility index (Phi) is 7.08. The number of nitrogens with zero attached hydrogens (tertiary/aromatic N) is 3. The number of ether oxygens (including phenoxy) is 3. The fourth-order valence-electron chi connectivity index (χ4n) is 3.81. The molecule has 1 aromatic carbocycles. The summed E-state index contributed by atoms with van der Waals surface area (Å²) in [4.78, 5) is 28.8. The number of rotatable bonds is 6. The zero-order valence-electron chi connectivity index (χ0n) is 19.2. The summed E-state index contributed by atoms with van der Waals surface area (Å²) >= 11 is 0. The predicted molar refractivity (Wildman–Crippen MR) is 121 cm³/mol. The third-order valence-corrected chi connectivity index (χ3v) is 7.63. The Labute approximate surface area is 198 Å². The standard InChI is InChI=1S/C22H28N4O7S/c1-15-23-21(13-25(15)2)34(29,30)26-8-6-16(7-9-26)22(28)33-14-20(27)24-17-4-5-18-19(12-17)32-11-3-10-31-18/h4-5,12-13,16H,3,6-11,14H2,1-2H3,(H,24,27). The molecule has 0 atom stereocenters. The van der Waals surface area contributed by atoms with Gasteiger partial charge in [0.25, 0.3) is 15.9 Å². The molecule has 12 heteroatoms. The number of amides is 1. The summed E-state index contributed by atoms with van der Waals surface area (Å²) < 4.78 is 44.9. The van der Waals surface area contributed by atoms with Crippen molar-refractivity contribution >= 4 is 27.6 Å². The second kappa shape index (κ2) is 10.0. The molecule has 2 aliphatic rings. The minimum atomic E-state index is -3.72. The average molecular weight is 493 g/mol. The third-order valence-electron chi connectivity index (χ3n) is 5.85. The van der Waals surface area contributed by atoms with Crippen LogP contribution in [0.25, 0.3) is 0 Å². The molecule has 4 rings (SSSR count). The van der Waals surface area contributed by atoms with E-state index in [2.05, 4.69) is 10.3 Å². The third kappa shape index (κ3) is 5.33. The van der Waals surface area contributed by atoms with E-state index in [1.807, 2.05) is 0 Å². The predicted octanol–water partition coefficient (Wildman–Crippen LogP) is 1.47. The van der Waals surface area contributed by atoms with E-state index in [1.54, 1.807) is 36.7 Å². The molecule has 0 unspecified atom stereocenters. The van der Waals surface area contributed by atoms with Gasteiger partial charge >= 0.3 is 5.97 Å². The number of nitrogens with one attached hydrogen (secondary N) is 1. The molecule has 0 radical (unpaired) electrons. The zero-order valence-corrected chi connectivity index (χ0v) is 20.0. The highest BCUT2D eigenvalue weighted by atomic mass is 32.2. The maximum Gasteiger partial charge on any atom is 0.309 e. The number of hydrogen-bond donors (Lipinski definition) is 1. The fourth-order valence-corrected chi connectivity index (χ4v) is 5.30. The molecular formula is C22H28N4O7S. The lowest BCUT2D eigenvalue weighted by atomic mass is 9.98. The molecule has 1 aromatic heterocycles. The number of aromatic nitrogens is 2. The van der Waals surface area contributed by atoms with Crippen LogP contribution < -0.4 is 14.8 Å². The quantitative estimate of drug-likeness (QED) is 0.601. The van der Waals surface area contributed by atoms with Crippen molar-refractivity contribution in [3.05, 3.63) is 30.2 Å². The Morgan fingerprint density at radius 2 is 1.88 bits per heavy atom. The van der Waals surface area contributed by atoms with E-state index in [0.717, 1.165) is 6.42 Å². The van der Waals surface area contributed by atoms with Crippen LogP contribution in [0.2, 0.25) is 0 Å². The van der Waals surface area contributed by atoms with Crippen molar-refractivity contribution in [1.82, 2.24) is 13.9 Å². The molecule has 3 heterocycles. The van der Waals surface area contributed by atoms with Gasteiger partial charge in [0, 0.05) is 44.5 Å². The molecule has 184 valence electrons. The molecule has 0 aliphatic carbocycles. The molecule has 2 aromatic rings. The van der Waals surface area contributed by atoms with Crippen molar-refractivity contribution in [2.75, 3.05) is 38.2 Å². The van der Waals surface area contributed by atoms with Gasteiger partial charge in [-0.15, -0.1) is 0 Å². The highest BCUT2D eigenvalue weighted by Crippen LogP contribution is 2.32. The van der Waals surface area contributed by atoms with Crippen LogP contribution in [0.3, 0.4) is 0 Å².